The molecule has 0 spiro atoms. The van der Waals surface area contributed by atoms with Crippen molar-refractivity contribution >= 4 is 27.7 Å². The molecule has 0 atom stereocenters. The molecule has 1 aromatic rings. The summed E-state index contributed by atoms with van der Waals surface area (Å²) in [6.45, 7) is 0.358. The molecule has 6 heteroatoms. The van der Waals surface area contributed by atoms with Crippen molar-refractivity contribution in [1.82, 2.24) is 0 Å². The van der Waals surface area contributed by atoms with Gasteiger partial charge in [-0.15, -0.1) is 0 Å². The molecule has 100 valence electrons. The predicted octanol–water partition coefficient (Wildman–Crippen LogP) is 2.06. The van der Waals surface area contributed by atoms with Crippen molar-refractivity contribution < 1.29 is 23.8 Å². The van der Waals surface area contributed by atoms with Crippen LogP contribution in [0.2, 0.25) is 0 Å². The minimum Gasteiger partial charge on any atom is -0.493 e. The van der Waals surface area contributed by atoms with Gasteiger partial charge < -0.3 is 14.2 Å². The van der Waals surface area contributed by atoms with Gasteiger partial charge in [-0.3, -0.25) is 4.79 Å². The van der Waals surface area contributed by atoms with Crippen molar-refractivity contribution in [1.29, 1.82) is 0 Å². The summed E-state index contributed by atoms with van der Waals surface area (Å²) in [5.74, 6) is -1.00. The maximum absolute atomic E-state index is 11.8. The third-order valence-electron chi connectivity index (χ3n) is 2.35. The first-order valence-corrected chi connectivity index (χ1v) is 6.36. The van der Waals surface area contributed by atoms with Crippen LogP contribution in [-0.4, -0.2) is 31.6 Å². The number of carbonyl (C=O) groups is 2. The van der Waals surface area contributed by atoms with Gasteiger partial charge >= 0.3 is 5.97 Å². The van der Waals surface area contributed by atoms with Crippen molar-refractivity contribution in [3.05, 3.63) is 46.3 Å². The number of benzene rings is 1. The van der Waals surface area contributed by atoms with E-state index in [1.807, 2.05) is 0 Å². The van der Waals surface area contributed by atoms with E-state index in [0.717, 1.165) is 4.47 Å². The monoisotopic (exact) mass is 326 g/mol. The van der Waals surface area contributed by atoms with Crippen molar-refractivity contribution in [3.63, 3.8) is 0 Å². The molecule has 0 radical (unpaired) electrons. The van der Waals surface area contributed by atoms with Gasteiger partial charge in [-0.2, -0.15) is 0 Å². The summed E-state index contributed by atoms with van der Waals surface area (Å²) in [6, 6.07) is 6.80. The number of rotatable bonds is 4. The molecule has 1 aromatic carbocycles. The van der Waals surface area contributed by atoms with Gasteiger partial charge in [0.25, 0.3) is 0 Å². The fraction of sp³-hybridized carbons (Fsp3) is 0.231. The molecule has 5 nitrogen and oxygen atoms in total. The maximum Gasteiger partial charge on any atom is 0.377 e. The van der Waals surface area contributed by atoms with Gasteiger partial charge in [0.05, 0.1) is 0 Å². The third kappa shape index (κ3) is 3.82. The Kier molecular flexibility index (Phi) is 4.57. The van der Waals surface area contributed by atoms with E-state index in [4.69, 9.17) is 14.2 Å². The van der Waals surface area contributed by atoms with Crippen LogP contribution in [0.1, 0.15) is 10.4 Å². The summed E-state index contributed by atoms with van der Waals surface area (Å²) < 4.78 is 15.7. The van der Waals surface area contributed by atoms with E-state index >= 15 is 0 Å². The first-order valence-electron chi connectivity index (χ1n) is 5.57. The summed E-state index contributed by atoms with van der Waals surface area (Å²) >= 11 is 3.27. The molecule has 0 N–H and O–H groups in total. The molecule has 0 saturated heterocycles. The Hall–Kier alpha value is -1.82. The highest BCUT2D eigenvalue weighted by atomic mass is 79.9. The molecule has 1 aliphatic heterocycles. The van der Waals surface area contributed by atoms with Gasteiger partial charge in [0.1, 0.15) is 19.5 Å². The Morgan fingerprint density at radius 1 is 1.21 bits per heavy atom. The van der Waals surface area contributed by atoms with Crippen LogP contribution in [0, 0.1) is 0 Å². The zero-order chi connectivity index (χ0) is 13.7. The lowest BCUT2D eigenvalue weighted by atomic mass is 10.1. The number of ether oxygens (including phenoxy) is 3. The van der Waals surface area contributed by atoms with Crippen LogP contribution < -0.4 is 0 Å². The second kappa shape index (κ2) is 6.38. The van der Waals surface area contributed by atoms with E-state index in [-0.39, 0.29) is 18.1 Å². The van der Waals surface area contributed by atoms with Crippen LogP contribution in [0.4, 0.5) is 0 Å². The molecule has 2 rings (SSSR count). The zero-order valence-corrected chi connectivity index (χ0v) is 11.5. The van der Waals surface area contributed by atoms with Gasteiger partial charge in [-0.25, -0.2) is 4.79 Å². The Morgan fingerprint density at radius 3 is 2.58 bits per heavy atom. The largest absolute Gasteiger partial charge is 0.493 e. The SMILES string of the molecule is O=C(OCC(=O)c1ccc(Br)cc1)C1=COCCO1. The van der Waals surface area contributed by atoms with Crippen LogP contribution in [0.25, 0.3) is 0 Å². The summed E-state index contributed by atoms with van der Waals surface area (Å²) in [5, 5.41) is 0. The normalized spacial score (nSPS) is 13.8. The molecule has 0 bridgehead atoms. The fourth-order valence-electron chi connectivity index (χ4n) is 1.40. The van der Waals surface area contributed by atoms with E-state index in [2.05, 4.69) is 15.9 Å². The highest BCUT2D eigenvalue weighted by molar-refractivity contribution is 9.10. The molecule has 1 aliphatic rings. The average molecular weight is 327 g/mol. The van der Waals surface area contributed by atoms with Gasteiger partial charge in [0.2, 0.25) is 5.76 Å². The first-order chi connectivity index (χ1) is 9.16. The Morgan fingerprint density at radius 2 is 1.95 bits per heavy atom. The van der Waals surface area contributed by atoms with Crippen LogP contribution in [0.3, 0.4) is 0 Å². The van der Waals surface area contributed by atoms with Crippen molar-refractivity contribution in [2.75, 3.05) is 19.8 Å². The van der Waals surface area contributed by atoms with Crippen LogP contribution in [0.5, 0.6) is 0 Å². The zero-order valence-electron chi connectivity index (χ0n) is 9.93. The summed E-state index contributed by atoms with van der Waals surface area (Å²) in [7, 11) is 0. The number of ketones is 1. The highest BCUT2D eigenvalue weighted by Gasteiger charge is 2.18. The molecule has 0 fully saturated rings. The van der Waals surface area contributed by atoms with Gasteiger partial charge in [-0.05, 0) is 12.1 Å². The topological polar surface area (TPSA) is 61.8 Å². The predicted molar refractivity (Wildman–Crippen MR) is 69.4 cm³/mol. The van der Waals surface area contributed by atoms with E-state index in [1.165, 1.54) is 6.26 Å². The minimum absolute atomic E-state index is 0.0187. The molecule has 0 amide bonds. The van der Waals surface area contributed by atoms with Crippen molar-refractivity contribution in [2.45, 2.75) is 0 Å². The quantitative estimate of drug-likeness (QED) is 0.626. The number of halogens is 1. The van der Waals surface area contributed by atoms with Crippen molar-refractivity contribution in [2.24, 2.45) is 0 Å². The van der Waals surface area contributed by atoms with Crippen molar-refractivity contribution in [3.8, 4) is 0 Å². The number of Topliss-reactive ketones (excluding diaryl/α,β-unsaturated/α-hetero) is 1. The summed E-state index contributed by atoms with van der Waals surface area (Å²) in [6.07, 6.45) is 1.19. The Balaban J connectivity index is 1.88. The summed E-state index contributed by atoms with van der Waals surface area (Å²) in [5.41, 5.74) is 0.478. The molecule has 0 aromatic heterocycles. The smallest absolute Gasteiger partial charge is 0.377 e. The molecule has 19 heavy (non-hydrogen) atoms. The molecular weight excluding hydrogens is 316 g/mol. The van der Waals surface area contributed by atoms with E-state index in [1.54, 1.807) is 24.3 Å². The van der Waals surface area contributed by atoms with E-state index < -0.39 is 5.97 Å². The second-order valence-electron chi connectivity index (χ2n) is 3.71. The van der Waals surface area contributed by atoms with Crippen LogP contribution >= 0.6 is 15.9 Å². The number of hydrogen-bond acceptors (Lipinski definition) is 5. The first kappa shape index (κ1) is 13.6. The lowest BCUT2D eigenvalue weighted by molar-refractivity contribution is -0.143. The molecule has 0 aliphatic carbocycles. The van der Waals surface area contributed by atoms with Gasteiger partial charge in [0.15, 0.2) is 12.4 Å². The average Bonchev–Trinajstić information content (AvgIpc) is 2.46. The van der Waals surface area contributed by atoms with Crippen LogP contribution in [-0.2, 0) is 19.0 Å². The van der Waals surface area contributed by atoms with Crippen LogP contribution in [0.15, 0.2) is 40.8 Å². The minimum atomic E-state index is -0.704. The van der Waals surface area contributed by atoms with Gasteiger partial charge in [-0.1, -0.05) is 28.1 Å². The molecule has 0 saturated carbocycles. The number of carbonyl (C=O) groups excluding carboxylic acids is 2. The lowest BCUT2D eigenvalue weighted by Gasteiger charge is -2.14. The van der Waals surface area contributed by atoms with E-state index in [0.29, 0.717) is 18.8 Å². The van der Waals surface area contributed by atoms with Gasteiger partial charge in [0, 0.05) is 10.0 Å². The molecule has 0 unspecified atom stereocenters. The number of hydrogen-bond donors (Lipinski definition) is 0. The van der Waals surface area contributed by atoms with E-state index in [9.17, 15) is 9.59 Å². The Labute approximate surface area is 118 Å². The number of esters is 1. The standard InChI is InChI=1S/C13H11BrO5/c14-10-3-1-9(2-4-10)11(15)7-19-13(16)12-8-17-5-6-18-12/h1-4,8H,5-7H2. The molecular formula is C13H11BrO5. The maximum atomic E-state index is 11.8. The Bertz CT molecular complexity index is 506. The second-order valence-corrected chi connectivity index (χ2v) is 4.62. The summed E-state index contributed by atoms with van der Waals surface area (Å²) in [4.78, 5) is 23.3. The fourth-order valence-corrected chi connectivity index (χ4v) is 1.66. The highest BCUT2D eigenvalue weighted by Crippen LogP contribution is 2.12. The molecule has 1 heterocycles. The lowest BCUT2D eigenvalue weighted by Crippen LogP contribution is -2.20. The third-order valence-corrected chi connectivity index (χ3v) is 2.88.